The molecule has 0 spiro atoms. The number of benzene rings is 3. The molecule has 0 saturated carbocycles. The Morgan fingerprint density at radius 3 is 2.10 bits per heavy atom. The predicted octanol–water partition coefficient (Wildman–Crippen LogP) is 6.83. The van der Waals surface area contributed by atoms with E-state index < -0.39 is 12.2 Å². The van der Waals surface area contributed by atoms with E-state index in [1.54, 1.807) is 47.4 Å². The van der Waals surface area contributed by atoms with Gasteiger partial charge in [0, 0.05) is 40.1 Å². The molecule has 202 valence electrons. The second-order valence-corrected chi connectivity index (χ2v) is 10.0. The summed E-state index contributed by atoms with van der Waals surface area (Å²) in [5.41, 5.74) is 17.5. The Morgan fingerprint density at radius 1 is 0.897 bits per heavy atom. The Hall–Kier alpha value is -3.82. The maximum Gasteiger partial charge on any atom is 0.254 e. The van der Waals surface area contributed by atoms with Gasteiger partial charge >= 0.3 is 0 Å². The maximum atomic E-state index is 13.6. The van der Waals surface area contributed by atoms with Crippen LogP contribution in [0.15, 0.2) is 77.0 Å². The number of anilines is 2. The van der Waals surface area contributed by atoms with Crippen LogP contribution >= 0.6 is 23.2 Å². The molecule has 0 unspecified atom stereocenters. The van der Waals surface area contributed by atoms with Crippen LogP contribution in [0.1, 0.15) is 40.7 Å². The van der Waals surface area contributed by atoms with Crippen LogP contribution in [0.2, 0.25) is 10.0 Å². The molecule has 2 amide bonds. The third-order valence-electron chi connectivity index (χ3n) is 6.63. The molecule has 3 aromatic carbocycles. The van der Waals surface area contributed by atoms with Crippen LogP contribution in [0.5, 0.6) is 0 Å². The first-order valence-corrected chi connectivity index (χ1v) is 13.4. The molecule has 0 aliphatic carbocycles. The van der Waals surface area contributed by atoms with E-state index >= 15 is 0 Å². The van der Waals surface area contributed by atoms with Gasteiger partial charge in [-0.2, -0.15) is 0 Å². The van der Waals surface area contributed by atoms with Crippen molar-refractivity contribution in [3.63, 3.8) is 0 Å². The van der Waals surface area contributed by atoms with Gasteiger partial charge in [-0.1, -0.05) is 41.4 Å². The molecule has 0 radical (unpaired) electrons. The molecular weight excluding hydrogens is 537 g/mol. The Bertz CT molecular complexity index is 1300. The molecule has 11 heteroatoms. The third kappa shape index (κ3) is 7.19. The van der Waals surface area contributed by atoms with E-state index in [9.17, 15) is 9.59 Å². The Labute approximate surface area is 237 Å². The third-order valence-corrected chi connectivity index (χ3v) is 7.34. The summed E-state index contributed by atoms with van der Waals surface area (Å²) in [5.74, 6) is -0.678. The largest absolute Gasteiger partial charge is 0.372 e. The van der Waals surface area contributed by atoms with Gasteiger partial charge in [-0.3, -0.25) is 9.59 Å². The van der Waals surface area contributed by atoms with Crippen molar-refractivity contribution in [1.82, 2.24) is 5.32 Å². The Kier molecular flexibility index (Phi) is 9.62. The van der Waals surface area contributed by atoms with Gasteiger partial charge < -0.3 is 15.1 Å². The second kappa shape index (κ2) is 13.3. The lowest BCUT2D eigenvalue weighted by molar-refractivity contribution is -0.118. The fourth-order valence-corrected chi connectivity index (χ4v) is 5.04. The second-order valence-electron chi connectivity index (χ2n) is 9.22. The van der Waals surface area contributed by atoms with E-state index in [2.05, 4.69) is 20.4 Å². The summed E-state index contributed by atoms with van der Waals surface area (Å²) in [5, 5.41) is 9.36. The molecule has 1 heterocycles. The first-order valence-electron chi connectivity index (χ1n) is 12.6. The highest BCUT2D eigenvalue weighted by atomic mass is 35.5. The lowest BCUT2D eigenvalue weighted by Crippen LogP contribution is -2.33. The lowest BCUT2D eigenvalue weighted by atomic mass is 10.1. The zero-order valence-corrected chi connectivity index (χ0v) is 22.8. The van der Waals surface area contributed by atoms with E-state index in [0.717, 1.165) is 30.0 Å². The zero-order valence-electron chi connectivity index (χ0n) is 21.2. The van der Waals surface area contributed by atoms with Crippen LogP contribution in [0.3, 0.4) is 0 Å². The van der Waals surface area contributed by atoms with E-state index in [4.69, 9.17) is 34.3 Å². The monoisotopic (exact) mass is 565 g/mol. The van der Waals surface area contributed by atoms with Crippen molar-refractivity contribution < 1.29 is 9.59 Å². The molecule has 1 aliphatic rings. The molecule has 39 heavy (non-hydrogen) atoms. The summed E-state index contributed by atoms with van der Waals surface area (Å²) in [7, 11) is 0. The van der Waals surface area contributed by atoms with Crippen molar-refractivity contribution >= 4 is 46.4 Å². The molecule has 9 nitrogen and oxygen atoms in total. The van der Waals surface area contributed by atoms with Crippen LogP contribution in [0.4, 0.5) is 11.4 Å². The van der Waals surface area contributed by atoms with Crippen LogP contribution in [-0.2, 0) is 17.8 Å². The van der Waals surface area contributed by atoms with Crippen molar-refractivity contribution in [2.24, 2.45) is 10.2 Å². The molecular formula is C28H29Cl2N7O2. The molecule has 1 fully saturated rings. The van der Waals surface area contributed by atoms with Crippen molar-refractivity contribution in [2.45, 2.75) is 38.5 Å². The van der Waals surface area contributed by atoms with Gasteiger partial charge in [0.1, 0.15) is 0 Å². The first kappa shape index (κ1) is 28.2. The summed E-state index contributed by atoms with van der Waals surface area (Å²) in [4.78, 5) is 30.1. The Morgan fingerprint density at radius 2 is 1.51 bits per heavy atom. The molecule has 0 bridgehead atoms. The van der Waals surface area contributed by atoms with Gasteiger partial charge in [0.15, 0.2) is 0 Å². The average Bonchev–Trinajstić information content (AvgIpc) is 2.97. The van der Waals surface area contributed by atoms with E-state index in [0.29, 0.717) is 21.2 Å². The van der Waals surface area contributed by atoms with Crippen LogP contribution < -0.4 is 15.1 Å². The van der Waals surface area contributed by atoms with E-state index in [1.807, 2.05) is 24.3 Å². The van der Waals surface area contributed by atoms with Crippen molar-refractivity contribution in [3.8, 4) is 0 Å². The number of halogens is 2. The summed E-state index contributed by atoms with van der Waals surface area (Å²) in [6, 6.07) is 19.9. The molecule has 4 rings (SSSR count). The number of nitrogens with one attached hydrogen (secondary N) is 3. The summed E-state index contributed by atoms with van der Waals surface area (Å²) in [6.07, 6.45) is 2.38. The summed E-state index contributed by atoms with van der Waals surface area (Å²) < 4.78 is 0. The lowest BCUT2D eigenvalue weighted by Gasteiger charge is -2.30. The maximum absolute atomic E-state index is 13.6. The van der Waals surface area contributed by atoms with Gasteiger partial charge in [-0.15, -0.1) is 10.2 Å². The van der Waals surface area contributed by atoms with Crippen LogP contribution in [-0.4, -0.2) is 31.2 Å². The normalized spacial score (nSPS) is 13.8. The van der Waals surface area contributed by atoms with Crippen molar-refractivity contribution in [3.05, 3.63) is 93.5 Å². The van der Waals surface area contributed by atoms with Crippen molar-refractivity contribution in [2.75, 3.05) is 22.9 Å². The fourth-order valence-electron chi connectivity index (χ4n) is 4.50. The van der Waals surface area contributed by atoms with Gasteiger partial charge in [-0.05, 0) is 78.9 Å². The SMILES string of the molecule is N=NC(N=N)NC(=O)c1ccc(CN(C(=O)Cc2c(Cl)cccc2Cl)c2ccc(N3CCCCC3)cc2)cc1. The molecule has 1 saturated heterocycles. The average molecular weight is 566 g/mol. The zero-order chi connectivity index (χ0) is 27.8. The van der Waals surface area contributed by atoms with Crippen LogP contribution in [0.25, 0.3) is 0 Å². The predicted molar refractivity (Wildman–Crippen MR) is 152 cm³/mol. The van der Waals surface area contributed by atoms with Crippen molar-refractivity contribution in [1.29, 1.82) is 11.1 Å². The summed E-state index contributed by atoms with van der Waals surface area (Å²) >= 11 is 12.7. The number of amides is 2. The van der Waals surface area contributed by atoms with Gasteiger partial charge in [0.2, 0.25) is 5.91 Å². The summed E-state index contributed by atoms with van der Waals surface area (Å²) in [6.45, 7) is 2.32. The highest BCUT2D eigenvalue weighted by Gasteiger charge is 2.21. The standard InChI is InChI=1S/C28H29Cl2N7O2/c29-24-5-4-6-25(30)23(24)17-26(38)37(22-13-11-21(12-14-22)36-15-2-1-3-16-36)18-19-7-9-20(10-8-19)27(39)33-28(34-31)35-32/h4-14,28,31-32H,1-3,15-18H2,(H,33,39). The van der Waals surface area contributed by atoms with Gasteiger partial charge in [0.05, 0.1) is 13.0 Å². The minimum absolute atomic E-state index is 0.0293. The van der Waals surface area contributed by atoms with E-state index in [-0.39, 0.29) is 18.9 Å². The van der Waals surface area contributed by atoms with E-state index in [1.165, 1.54) is 19.3 Å². The highest BCUT2D eigenvalue weighted by Crippen LogP contribution is 2.28. The number of carbonyl (C=O) groups is 2. The van der Waals surface area contributed by atoms with Crippen LogP contribution in [0, 0.1) is 11.1 Å². The quantitative estimate of drug-likeness (QED) is 0.233. The minimum Gasteiger partial charge on any atom is -0.372 e. The highest BCUT2D eigenvalue weighted by molar-refractivity contribution is 6.36. The van der Waals surface area contributed by atoms with Gasteiger partial charge in [0.25, 0.3) is 12.2 Å². The number of rotatable bonds is 10. The van der Waals surface area contributed by atoms with Gasteiger partial charge in [-0.25, -0.2) is 11.1 Å². The number of hydrogen-bond acceptors (Lipinski definition) is 7. The number of hydrogen-bond donors (Lipinski definition) is 3. The molecule has 1 aliphatic heterocycles. The first-order chi connectivity index (χ1) is 18.9. The molecule has 3 N–H and O–H groups in total. The fraction of sp³-hybridized carbons (Fsp3) is 0.286. The molecule has 3 aromatic rings. The molecule has 0 aromatic heterocycles. The number of piperidine rings is 1. The topological polar surface area (TPSA) is 125 Å². The minimum atomic E-state index is -1.25. The smallest absolute Gasteiger partial charge is 0.254 e. The number of carbonyl (C=O) groups excluding carboxylic acids is 2. The Balaban J connectivity index is 1.57. The number of nitrogens with zero attached hydrogens (tertiary/aromatic N) is 4. The molecule has 0 atom stereocenters.